The summed E-state index contributed by atoms with van der Waals surface area (Å²) in [4.78, 5) is 61.3. The summed E-state index contributed by atoms with van der Waals surface area (Å²) in [6.45, 7) is 0. The van der Waals surface area contributed by atoms with Gasteiger partial charge in [0, 0.05) is 0 Å². The van der Waals surface area contributed by atoms with Crippen LogP contribution in [0.15, 0.2) is 87.5 Å². The van der Waals surface area contributed by atoms with Crippen molar-refractivity contribution in [2.24, 2.45) is 0 Å². The number of hydrogen-bond acceptors (Lipinski definition) is 15. The van der Waals surface area contributed by atoms with Gasteiger partial charge >= 0.3 is 83.5 Å². The summed E-state index contributed by atoms with van der Waals surface area (Å²) >= 11 is 0. The minimum atomic E-state index is -4.87. The predicted octanol–water partition coefficient (Wildman–Crippen LogP) is -4.58. The molecule has 0 saturated carbocycles. The summed E-state index contributed by atoms with van der Waals surface area (Å²) in [5.41, 5.74) is 0. The van der Waals surface area contributed by atoms with Crippen LogP contribution in [-0.2, 0) is 44.0 Å². The predicted molar refractivity (Wildman–Crippen MR) is 130 cm³/mol. The van der Waals surface area contributed by atoms with E-state index in [0.717, 1.165) is 72.8 Å². The van der Waals surface area contributed by atoms with Crippen molar-refractivity contribution in [2.45, 2.75) is 14.7 Å². The Morgan fingerprint density at radius 2 is 0.523 bits per heavy atom. The van der Waals surface area contributed by atoms with Gasteiger partial charge in [0.2, 0.25) is 0 Å². The Kier molecular flexibility index (Phi) is 18.9. The van der Waals surface area contributed by atoms with Gasteiger partial charge in [0.05, 0.1) is 14.7 Å². The quantitative estimate of drug-likeness (QED) is 0.155. The standard InChI is InChI=1S/3C6H7O6PS.2Ce/c3*7-13(8,9)5-1-3-6(4-2-5)14(10,11)12;;/h3*1-4H,(H2,7,8,9)(H,10,11,12);;/q;;;2*+3/p-6. The first-order valence-corrected chi connectivity index (χ1v) is 18.9. The second kappa shape index (κ2) is 17.8. The molecular formula is C18H15Ce2O18P3S3. The maximum atomic E-state index is 10.5. The summed E-state index contributed by atoms with van der Waals surface area (Å²) in [6, 6.07) is 9.98. The molecule has 3 N–H and O–H groups in total. The van der Waals surface area contributed by atoms with Crippen LogP contribution in [0.25, 0.3) is 0 Å². The fourth-order valence-corrected chi connectivity index (χ4v) is 5.38. The van der Waals surface area contributed by atoms with Crippen molar-refractivity contribution in [1.82, 2.24) is 0 Å². The molecule has 3 aromatic rings. The molecule has 2 radical (unpaired) electrons. The molecule has 26 heteroatoms. The Hall–Kier alpha value is 0.593. The molecule has 0 aliphatic carbocycles. The first-order chi connectivity index (χ1) is 18.6. The third-order valence-electron chi connectivity index (χ3n) is 4.35. The van der Waals surface area contributed by atoms with E-state index in [2.05, 4.69) is 0 Å². The van der Waals surface area contributed by atoms with E-state index in [-0.39, 0.29) is 83.5 Å². The van der Waals surface area contributed by atoms with Gasteiger partial charge in [0.15, 0.2) is 0 Å². The van der Waals surface area contributed by atoms with Crippen molar-refractivity contribution in [3.63, 3.8) is 0 Å². The minimum Gasteiger partial charge on any atom is -0.807 e. The van der Waals surface area contributed by atoms with E-state index in [9.17, 15) is 68.3 Å². The third kappa shape index (κ3) is 16.6. The molecular weight excluding hydrogens is 974 g/mol. The van der Waals surface area contributed by atoms with Crippen LogP contribution in [-0.4, -0.2) is 38.9 Å². The molecule has 0 bridgehead atoms. The first kappa shape index (κ1) is 46.7. The molecule has 0 saturated heterocycles. The van der Waals surface area contributed by atoms with E-state index in [4.69, 9.17) is 13.7 Å². The number of hydrogen-bond donors (Lipinski definition) is 3. The SMILES string of the molecule is O=P([O-])([O-])c1ccc(S(=O)(=O)O)cc1.O=P([O-])([O-])c1ccc(S(=O)(=O)O)cc1.O=P([O-])([O-])c1ccc(S(=O)(=O)O)cc1.[Ce+3].[Ce+3]. The fourth-order valence-electron chi connectivity index (χ4n) is 2.40. The zero-order valence-corrected chi connectivity index (χ0v) is 32.4. The smallest absolute Gasteiger partial charge is 0.807 e. The van der Waals surface area contributed by atoms with Crippen LogP contribution in [0.4, 0.5) is 0 Å². The second-order valence-corrected chi connectivity index (χ2v) is 16.2. The zero-order valence-electron chi connectivity index (χ0n) is 21.0. The molecule has 3 rings (SSSR count). The van der Waals surface area contributed by atoms with Gasteiger partial charge in [-0.1, -0.05) is 36.4 Å². The average Bonchev–Trinajstić information content (AvgIpc) is 2.82. The van der Waals surface area contributed by atoms with Crippen molar-refractivity contribution >= 4 is 69.1 Å². The van der Waals surface area contributed by atoms with E-state index in [1.54, 1.807) is 0 Å². The molecule has 0 aliphatic rings. The summed E-state index contributed by atoms with van der Waals surface area (Å²) in [5.74, 6) is 0. The van der Waals surface area contributed by atoms with E-state index in [0.29, 0.717) is 0 Å². The first-order valence-electron chi connectivity index (χ1n) is 9.94. The molecule has 44 heavy (non-hydrogen) atoms. The molecule has 236 valence electrons. The van der Waals surface area contributed by atoms with Crippen LogP contribution >= 0.6 is 22.8 Å². The monoisotopic (exact) mass is 988 g/mol. The molecule has 0 amide bonds. The molecule has 0 aliphatic heterocycles. The minimum absolute atomic E-state index is 0. The van der Waals surface area contributed by atoms with Crippen LogP contribution in [0, 0.1) is 83.5 Å². The van der Waals surface area contributed by atoms with Crippen LogP contribution in [0.5, 0.6) is 0 Å². The normalized spacial score (nSPS) is 12.2. The van der Waals surface area contributed by atoms with Gasteiger partial charge in [0.25, 0.3) is 30.4 Å². The Morgan fingerprint density at radius 1 is 0.386 bits per heavy atom. The fraction of sp³-hybridized carbons (Fsp3) is 0. The van der Waals surface area contributed by atoms with Crippen LogP contribution in [0.2, 0.25) is 0 Å². The molecule has 0 unspecified atom stereocenters. The molecule has 0 heterocycles. The van der Waals surface area contributed by atoms with Crippen molar-refractivity contribution in [2.75, 3.05) is 0 Å². The Labute approximate surface area is 317 Å². The summed E-state index contributed by atoms with van der Waals surface area (Å²) in [6.07, 6.45) is 0. The zero-order chi connectivity index (χ0) is 32.9. The molecule has 3 aromatic carbocycles. The van der Waals surface area contributed by atoms with E-state index < -0.39 is 83.7 Å². The van der Waals surface area contributed by atoms with Gasteiger partial charge < -0.3 is 43.1 Å². The van der Waals surface area contributed by atoms with E-state index in [1.807, 2.05) is 0 Å². The van der Waals surface area contributed by atoms with E-state index >= 15 is 0 Å². The Balaban J connectivity index is 0. The van der Waals surface area contributed by atoms with Gasteiger partial charge in [-0.15, -0.1) is 0 Å². The summed E-state index contributed by atoms with van der Waals surface area (Å²) in [7, 11) is -27.7. The van der Waals surface area contributed by atoms with Gasteiger partial charge in [-0.3, -0.25) is 13.7 Å². The maximum absolute atomic E-state index is 10.5. The van der Waals surface area contributed by atoms with Crippen LogP contribution in [0.1, 0.15) is 0 Å². The van der Waals surface area contributed by atoms with Gasteiger partial charge in [-0.25, -0.2) is 0 Å². The second-order valence-electron chi connectivity index (χ2n) is 7.40. The molecule has 0 spiro atoms. The van der Waals surface area contributed by atoms with E-state index in [1.165, 1.54) is 0 Å². The van der Waals surface area contributed by atoms with Gasteiger partial charge in [-0.05, 0) is 75.1 Å². The maximum Gasteiger partial charge on any atom is 3.00 e. The molecule has 18 nitrogen and oxygen atoms in total. The number of rotatable bonds is 6. The largest absolute Gasteiger partial charge is 3.00 e. The van der Waals surface area contributed by atoms with Gasteiger partial charge in [0.1, 0.15) is 0 Å². The average molecular weight is 989 g/mol. The third-order valence-corrected chi connectivity index (χ3v) is 9.75. The Bertz CT molecular complexity index is 1640. The summed E-state index contributed by atoms with van der Waals surface area (Å²) in [5, 5.41) is -1.57. The Morgan fingerprint density at radius 3 is 0.614 bits per heavy atom. The number of benzene rings is 3. The van der Waals surface area contributed by atoms with Crippen molar-refractivity contribution in [3.8, 4) is 0 Å². The van der Waals surface area contributed by atoms with Gasteiger partial charge in [-0.2, -0.15) is 25.3 Å². The topological polar surface area (TPSA) is 353 Å². The van der Waals surface area contributed by atoms with Crippen molar-refractivity contribution < 1.29 is 165 Å². The van der Waals surface area contributed by atoms with Crippen LogP contribution < -0.4 is 45.3 Å². The molecule has 0 aromatic heterocycles. The van der Waals surface area contributed by atoms with Crippen molar-refractivity contribution in [1.29, 1.82) is 0 Å². The summed E-state index contributed by atoms with van der Waals surface area (Å²) < 4.78 is 120. The van der Waals surface area contributed by atoms with Crippen molar-refractivity contribution in [3.05, 3.63) is 72.8 Å². The molecule has 0 atom stereocenters. The molecule has 0 fully saturated rings. The van der Waals surface area contributed by atoms with Crippen LogP contribution in [0.3, 0.4) is 0 Å².